The van der Waals surface area contributed by atoms with Crippen molar-refractivity contribution in [2.45, 2.75) is 19.4 Å². The van der Waals surface area contributed by atoms with Crippen molar-refractivity contribution in [3.05, 3.63) is 65.5 Å². The van der Waals surface area contributed by atoms with Gasteiger partial charge in [-0.05, 0) is 37.6 Å². The lowest BCUT2D eigenvalue weighted by Crippen LogP contribution is -2.52. The van der Waals surface area contributed by atoms with Gasteiger partial charge in [0.05, 0.1) is 5.69 Å². The lowest BCUT2D eigenvalue weighted by molar-refractivity contribution is -0.139. The Morgan fingerprint density at radius 3 is 2.30 bits per heavy atom. The van der Waals surface area contributed by atoms with Crippen molar-refractivity contribution in [3.63, 3.8) is 0 Å². The Morgan fingerprint density at radius 2 is 1.70 bits per heavy atom. The molecule has 0 saturated carbocycles. The molecule has 0 bridgehead atoms. The molecule has 0 aliphatic carbocycles. The zero-order valence-electron chi connectivity index (χ0n) is 18.5. The van der Waals surface area contributed by atoms with Gasteiger partial charge in [0.15, 0.2) is 5.78 Å². The van der Waals surface area contributed by atoms with Crippen LogP contribution in [-0.4, -0.2) is 66.2 Å². The highest BCUT2D eigenvalue weighted by atomic mass is 19.1. The van der Waals surface area contributed by atoms with E-state index >= 15 is 0 Å². The average molecular weight is 452 g/mol. The molecule has 2 saturated heterocycles. The molecule has 2 heterocycles. The number of carbonyl (C=O) groups is 4. The van der Waals surface area contributed by atoms with Crippen molar-refractivity contribution in [2.75, 3.05) is 37.6 Å². The number of imide groups is 1. The first-order chi connectivity index (χ1) is 15.7. The minimum absolute atomic E-state index is 0.209. The van der Waals surface area contributed by atoms with Crippen LogP contribution < -0.4 is 10.2 Å². The van der Waals surface area contributed by atoms with Crippen molar-refractivity contribution in [2.24, 2.45) is 0 Å². The molecular formula is C24H25FN4O4. The van der Waals surface area contributed by atoms with Gasteiger partial charge in [-0.25, -0.2) is 9.18 Å². The fraction of sp³-hybridized carbons (Fsp3) is 0.333. The third kappa shape index (κ3) is 4.18. The van der Waals surface area contributed by atoms with Crippen LogP contribution in [0.2, 0.25) is 0 Å². The van der Waals surface area contributed by atoms with Crippen LogP contribution in [0.1, 0.15) is 29.8 Å². The topological polar surface area (TPSA) is 90.0 Å². The fourth-order valence-corrected chi connectivity index (χ4v) is 4.22. The Kier molecular flexibility index (Phi) is 5.88. The van der Waals surface area contributed by atoms with E-state index in [9.17, 15) is 23.6 Å². The summed E-state index contributed by atoms with van der Waals surface area (Å²) >= 11 is 0. The number of hydrogen-bond acceptors (Lipinski definition) is 5. The molecular weight excluding hydrogens is 427 g/mol. The first-order valence-corrected chi connectivity index (χ1v) is 10.7. The number of halogens is 1. The van der Waals surface area contributed by atoms with E-state index in [0.29, 0.717) is 43.0 Å². The Balaban J connectivity index is 1.38. The second-order valence-corrected chi connectivity index (χ2v) is 8.40. The largest absolute Gasteiger partial charge is 0.366 e. The standard InChI is InChI=1S/C24H25FN4O4/c1-16(30)17-8-9-20(19(25)14-17)27-10-12-28(13-11-27)21(31)15-29-22(32)24(2,26-23(29)33)18-6-4-3-5-7-18/h3-9,14H,10-13,15H2,1-2H3,(H,26,33). The highest BCUT2D eigenvalue weighted by molar-refractivity contribution is 6.09. The number of benzene rings is 2. The summed E-state index contributed by atoms with van der Waals surface area (Å²) in [5.74, 6) is -1.51. The van der Waals surface area contributed by atoms with Crippen LogP contribution in [0.15, 0.2) is 48.5 Å². The highest BCUT2D eigenvalue weighted by Crippen LogP contribution is 2.29. The number of nitrogens with zero attached hydrogens (tertiary/aromatic N) is 3. The quantitative estimate of drug-likeness (QED) is 0.555. The fourth-order valence-electron chi connectivity index (χ4n) is 4.22. The van der Waals surface area contributed by atoms with Crippen molar-refractivity contribution in [3.8, 4) is 0 Å². The molecule has 1 atom stereocenters. The van der Waals surface area contributed by atoms with Gasteiger partial charge in [0.2, 0.25) is 5.91 Å². The molecule has 172 valence electrons. The van der Waals surface area contributed by atoms with E-state index < -0.39 is 23.3 Å². The summed E-state index contributed by atoms with van der Waals surface area (Å²) in [4.78, 5) is 54.1. The number of ketones is 1. The molecule has 2 aliphatic rings. The minimum atomic E-state index is -1.22. The maximum Gasteiger partial charge on any atom is 0.325 e. The second kappa shape index (κ2) is 8.65. The van der Waals surface area contributed by atoms with E-state index in [1.54, 1.807) is 48.2 Å². The van der Waals surface area contributed by atoms with Crippen molar-refractivity contribution in [1.29, 1.82) is 0 Å². The van der Waals surface area contributed by atoms with Gasteiger partial charge >= 0.3 is 6.03 Å². The van der Waals surface area contributed by atoms with Gasteiger partial charge in [0.1, 0.15) is 17.9 Å². The molecule has 2 fully saturated rings. The van der Waals surface area contributed by atoms with E-state index in [4.69, 9.17) is 0 Å². The predicted octanol–water partition coefficient (Wildman–Crippen LogP) is 2.14. The molecule has 4 rings (SSSR count). The van der Waals surface area contributed by atoms with Gasteiger partial charge in [-0.3, -0.25) is 19.3 Å². The van der Waals surface area contributed by atoms with Crippen LogP contribution in [0.3, 0.4) is 0 Å². The highest BCUT2D eigenvalue weighted by Gasteiger charge is 2.49. The normalized spacial score (nSPS) is 20.8. The van der Waals surface area contributed by atoms with Crippen LogP contribution >= 0.6 is 0 Å². The molecule has 8 nitrogen and oxygen atoms in total. The van der Waals surface area contributed by atoms with Gasteiger partial charge in [-0.1, -0.05) is 30.3 Å². The summed E-state index contributed by atoms with van der Waals surface area (Å²) in [6.07, 6.45) is 0. The first-order valence-electron chi connectivity index (χ1n) is 10.7. The summed E-state index contributed by atoms with van der Waals surface area (Å²) in [5.41, 5.74) is 0.103. The van der Waals surface area contributed by atoms with E-state index in [0.717, 1.165) is 4.90 Å². The Morgan fingerprint density at radius 1 is 1.03 bits per heavy atom. The number of nitrogens with one attached hydrogen (secondary N) is 1. The molecule has 0 radical (unpaired) electrons. The van der Waals surface area contributed by atoms with Gasteiger partial charge in [0, 0.05) is 31.7 Å². The van der Waals surface area contributed by atoms with Gasteiger partial charge in [-0.2, -0.15) is 0 Å². The molecule has 9 heteroatoms. The monoisotopic (exact) mass is 452 g/mol. The smallest absolute Gasteiger partial charge is 0.325 e. The molecule has 0 aromatic heterocycles. The summed E-state index contributed by atoms with van der Waals surface area (Å²) in [6, 6.07) is 12.7. The predicted molar refractivity (Wildman–Crippen MR) is 119 cm³/mol. The van der Waals surface area contributed by atoms with E-state index in [1.807, 2.05) is 11.0 Å². The summed E-state index contributed by atoms with van der Waals surface area (Å²) in [5, 5.41) is 2.69. The minimum Gasteiger partial charge on any atom is -0.366 e. The van der Waals surface area contributed by atoms with Crippen molar-refractivity contribution in [1.82, 2.24) is 15.1 Å². The number of carbonyl (C=O) groups excluding carboxylic acids is 4. The van der Waals surface area contributed by atoms with Gasteiger partial charge < -0.3 is 15.1 Å². The van der Waals surface area contributed by atoms with Gasteiger partial charge in [0.25, 0.3) is 5.91 Å². The van der Waals surface area contributed by atoms with E-state index in [2.05, 4.69) is 5.32 Å². The van der Waals surface area contributed by atoms with Crippen LogP contribution in [0, 0.1) is 5.82 Å². The summed E-state index contributed by atoms with van der Waals surface area (Å²) in [7, 11) is 0. The number of hydrogen-bond donors (Lipinski definition) is 1. The Labute approximate surface area is 190 Å². The SMILES string of the molecule is CC(=O)c1ccc(N2CCN(C(=O)CN3C(=O)NC(C)(c4ccccc4)C3=O)CC2)c(F)c1. The lowest BCUT2D eigenvalue weighted by Gasteiger charge is -2.36. The van der Waals surface area contributed by atoms with Crippen LogP contribution in [0.5, 0.6) is 0 Å². The number of Topliss-reactive ketones (excluding diaryl/α,β-unsaturated/α-hetero) is 1. The molecule has 33 heavy (non-hydrogen) atoms. The van der Waals surface area contributed by atoms with Crippen LogP contribution in [0.25, 0.3) is 0 Å². The third-order valence-corrected chi connectivity index (χ3v) is 6.25. The third-order valence-electron chi connectivity index (χ3n) is 6.25. The van der Waals surface area contributed by atoms with Crippen molar-refractivity contribution < 1.29 is 23.6 Å². The van der Waals surface area contributed by atoms with Crippen LogP contribution in [0.4, 0.5) is 14.9 Å². The van der Waals surface area contributed by atoms with Crippen molar-refractivity contribution >= 4 is 29.3 Å². The molecule has 2 aliphatic heterocycles. The average Bonchev–Trinajstić information content (AvgIpc) is 3.03. The number of amides is 4. The lowest BCUT2D eigenvalue weighted by atomic mass is 9.92. The van der Waals surface area contributed by atoms with E-state index in [1.165, 1.54) is 13.0 Å². The number of urea groups is 1. The molecule has 4 amide bonds. The Bertz CT molecular complexity index is 1110. The Hall–Kier alpha value is -3.75. The number of piperazine rings is 1. The molecule has 2 aromatic carbocycles. The molecule has 2 aromatic rings. The zero-order chi connectivity index (χ0) is 23.8. The summed E-state index contributed by atoms with van der Waals surface area (Å²) in [6.45, 7) is 4.09. The number of rotatable bonds is 5. The van der Waals surface area contributed by atoms with Crippen LogP contribution in [-0.2, 0) is 15.1 Å². The number of anilines is 1. The molecule has 1 unspecified atom stereocenters. The summed E-state index contributed by atoms with van der Waals surface area (Å²) < 4.78 is 14.5. The van der Waals surface area contributed by atoms with Gasteiger partial charge in [-0.15, -0.1) is 0 Å². The first kappa shape index (κ1) is 22.4. The maximum absolute atomic E-state index is 14.5. The second-order valence-electron chi connectivity index (χ2n) is 8.40. The molecule has 1 N–H and O–H groups in total. The molecule has 0 spiro atoms. The maximum atomic E-state index is 14.5. The van der Waals surface area contributed by atoms with E-state index in [-0.39, 0.29) is 18.2 Å². The zero-order valence-corrected chi connectivity index (χ0v) is 18.5.